The first-order valence-corrected chi connectivity index (χ1v) is 5.90. The van der Waals surface area contributed by atoms with E-state index in [2.05, 4.69) is 10.0 Å². The summed E-state index contributed by atoms with van der Waals surface area (Å²) in [5, 5.41) is 3.45. The average molecular weight is 243 g/mol. The van der Waals surface area contributed by atoms with Crippen LogP contribution in [0.4, 0.5) is 0 Å². The Kier molecular flexibility index (Phi) is 5.68. The average Bonchev–Trinajstić information content (AvgIpc) is 2.35. The van der Waals surface area contributed by atoms with Crippen LogP contribution in [0, 0.1) is 6.92 Å². The molecular weight excluding hydrogens is 226 g/mol. The molecule has 1 aromatic carbocycles. The summed E-state index contributed by atoms with van der Waals surface area (Å²) in [6.45, 7) is 3.99. The number of carbonyl (C=O) groups is 1. The number of ketones is 1. The standard InChI is InChI=1S/C14H17N3O/c1-11-5-7-13(8-6-11)10-14(12(2)18)4-3-9-16-17-15/h4-8H,3,9-10H2,1-2H3/b14-4+. The Morgan fingerprint density at radius 2 is 2.06 bits per heavy atom. The van der Waals surface area contributed by atoms with E-state index in [0.717, 1.165) is 11.1 Å². The van der Waals surface area contributed by atoms with Crippen molar-refractivity contribution in [2.45, 2.75) is 26.7 Å². The fraction of sp³-hybridized carbons (Fsp3) is 0.357. The smallest absolute Gasteiger partial charge is 0.155 e. The molecule has 0 heterocycles. The summed E-state index contributed by atoms with van der Waals surface area (Å²) in [4.78, 5) is 14.2. The molecule has 0 saturated heterocycles. The number of rotatable bonds is 6. The summed E-state index contributed by atoms with van der Waals surface area (Å²) < 4.78 is 0. The zero-order chi connectivity index (χ0) is 13.4. The molecule has 0 spiro atoms. The molecule has 0 atom stereocenters. The van der Waals surface area contributed by atoms with Gasteiger partial charge in [-0.2, -0.15) is 0 Å². The Balaban J connectivity index is 2.71. The summed E-state index contributed by atoms with van der Waals surface area (Å²) >= 11 is 0. The van der Waals surface area contributed by atoms with Crippen molar-refractivity contribution >= 4 is 5.78 Å². The van der Waals surface area contributed by atoms with Crippen LogP contribution in [0.1, 0.15) is 24.5 Å². The van der Waals surface area contributed by atoms with Gasteiger partial charge in [-0.15, -0.1) is 0 Å². The molecule has 1 aromatic rings. The minimum absolute atomic E-state index is 0.0662. The molecule has 18 heavy (non-hydrogen) atoms. The number of hydrogen-bond acceptors (Lipinski definition) is 2. The molecule has 0 N–H and O–H groups in total. The maximum Gasteiger partial charge on any atom is 0.155 e. The normalized spacial score (nSPS) is 10.9. The van der Waals surface area contributed by atoms with Crippen LogP contribution < -0.4 is 0 Å². The van der Waals surface area contributed by atoms with Gasteiger partial charge in [0.2, 0.25) is 0 Å². The quantitative estimate of drug-likeness (QED) is 0.247. The molecule has 0 aliphatic carbocycles. The predicted molar refractivity (Wildman–Crippen MR) is 72.3 cm³/mol. The van der Waals surface area contributed by atoms with Crippen molar-refractivity contribution in [3.63, 3.8) is 0 Å². The summed E-state index contributed by atoms with van der Waals surface area (Å²) in [5.41, 5.74) is 11.3. The van der Waals surface area contributed by atoms with Gasteiger partial charge in [0.1, 0.15) is 0 Å². The van der Waals surface area contributed by atoms with E-state index in [0.29, 0.717) is 19.4 Å². The zero-order valence-electron chi connectivity index (χ0n) is 10.8. The van der Waals surface area contributed by atoms with E-state index in [9.17, 15) is 4.79 Å². The van der Waals surface area contributed by atoms with Gasteiger partial charge in [-0.1, -0.05) is 41.0 Å². The predicted octanol–water partition coefficient (Wildman–Crippen LogP) is 3.75. The zero-order valence-corrected chi connectivity index (χ0v) is 10.8. The fourth-order valence-electron chi connectivity index (χ4n) is 1.61. The van der Waals surface area contributed by atoms with Crippen molar-refractivity contribution in [2.75, 3.05) is 6.54 Å². The lowest BCUT2D eigenvalue weighted by molar-refractivity contribution is -0.113. The lowest BCUT2D eigenvalue weighted by Crippen LogP contribution is -2.01. The van der Waals surface area contributed by atoms with Crippen LogP contribution in [0.3, 0.4) is 0 Å². The summed E-state index contributed by atoms with van der Waals surface area (Å²) in [5.74, 6) is 0.0662. The second kappa shape index (κ2) is 7.30. The van der Waals surface area contributed by atoms with Crippen LogP contribution in [0.2, 0.25) is 0 Å². The van der Waals surface area contributed by atoms with Gasteiger partial charge in [0, 0.05) is 17.9 Å². The number of allylic oxidation sites excluding steroid dienone is 1. The number of carbonyl (C=O) groups excluding carboxylic acids is 1. The summed E-state index contributed by atoms with van der Waals surface area (Å²) in [7, 11) is 0. The number of hydrogen-bond donors (Lipinski definition) is 0. The first kappa shape index (κ1) is 14.0. The Labute approximate surface area is 107 Å². The van der Waals surface area contributed by atoms with Crippen molar-refractivity contribution in [2.24, 2.45) is 5.11 Å². The van der Waals surface area contributed by atoms with E-state index in [1.54, 1.807) is 6.92 Å². The largest absolute Gasteiger partial charge is 0.295 e. The second-order valence-electron chi connectivity index (χ2n) is 4.19. The van der Waals surface area contributed by atoms with Crippen LogP contribution in [-0.2, 0) is 11.2 Å². The highest BCUT2D eigenvalue weighted by Gasteiger charge is 2.04. The van der Waals surface area contributed by atoms with Gasteiger partial charge in [0.25, 0.3) is 0 Å². The van der Waals surface area contributed by atoms with Crippen LogP contribution >= 0.6 is 0 Å². The minimum atomic E-state index is 0.0662. The molecule has 4 nitrogen and oxygen atoms in total. The molecule has 0 aliphatic rings. The van der Waals surface area contributed by atoms with E-state index >= 15 is 0 Å². The van der Waals surface area contributed by atoms with Crippen molar-refractivity contribution in [3.05, 3.63) is 57.5 Å². The maximum atomic E-state index is 11.5. The molecular formula is C14H17N3O. The maximum absolute atomic E-state index is 11.5. The molecule has 0 unspecified atom stereocenters. The van der Waals surface area contributed by atoms with Crippen molar-refractivity contribution in [1.29, 1.82) is 0 Å². The third kappa shape index (κ3) is 4.85. The molecule has 0 saturated carbocycles. The van der Waals surface area contributed by atoms with E-state index < -0.39 is 0 Å². The van der Waals surface area contributed by atoms with Gasteiger partial charge in [-0.3, -0.25) is 4.79 Å². The van der Waals surface area contributed by atoms with Gasteiger partial charge in [0.05, 0.1) is 0 Å². The van der Waals surface area contributed by atoms with Gasteiger partial charge in [-0.25, -0.2) is 0 Å². The van der Waals surface area contributed by atoms with Crippen LogP contribution in [-0.4, -0.2) is 12.3 Å². The van der Waals surface area contributed by atoms with E-state index in [1.807, 2.05) is 37.3 Å². The molecule has 0 fully saturated rings. The summed E-state index contributed by atoms with van der Waals surface area (Å²) in [6.07, 6.45) is 3.09. The van der Waals surface area contributed by atoms with Gasteiger partial charge in [0.15, 0.2) is 5.78 Å². The summed E-state index contributed by atoms with van der Waals surface area (Å²) in [6, 6.07) is 8.12. The Morgan fingerprint density at radius 1 is 1.39 bits per heavy atom. The topological polar surface area (TPSA) is 65.8 Å². The molecule has 4 heteroatoms. The van der Waals surface area contributed by atoms with Gasteiger partial charge in [-0.05, 0) is 36.9 Å². The van der Waals surface area contributed by atoms with E-state index in [1.165, 1.54) is 5.56 Å². The number of benzene rings is 1. The highest BCUT2D eigenvalue weighted by molar-refractivity contribution is 5.93. The minimum Gasteiger partial charge on any atom is -0.295 e. The fourth-order valence-corrected chi connectivity index (χ4v) is 1.61. The molecule has 0 aliphatic heterocycles. The molecule has 94 valence electrons. The first-order chi connectivity index (χ1) is 8.63. The highest BCUT2D eigenvalue weighted by atomic mass is 16.1. The van der Waals surface area contributed by atoms with Crippen LogP contribution in [0.5, 0.6) is 0 Å². The Morgan fingerprint density at radius 3 is 2.61 bits per heavy atom. The molecule has 0 bridgehead atoms. The number of aryl methyl sites for hydroxylation is 1. The van der Waals surface area contributed by atoms with Gasteiger partial charge < -0.3 is 0 Å². The first-order valence-electron chi connectivity index (χ1n) is 5.90. The molecule has 0 radical (unpaired) electrons. The third-order valence-electron chi connectivity index (χ3n) is 2.65. The van der Waals surface area contributed by atoms with E-state index in [4.69, 9.17) is 5.53 Å². The molecule has 0 amide bonds. The van der Waals surface area contributed by atoms with Crippen molar-refractivity contribution in [3.8, 4) is 0 Å². The Bertz CT molecular complexity index is 482. The monoisotopic (exact) mass is 243 g/mol. The molecule has 0 aromatic heterocycles. The van der Waals surface area contributed by atoms with Crippen molar-refractivity contribution in [1.82, 2.24) is 0 Å². The Hall–Kier alpha value is -2.06. The number of nitrogens with zero attached hydrogens (tertiary/aromatic N) is 3. The third-order valence-corrected chi connectivity index (χ3v) is 2.65. The lowest BCUT2D eigenvalue weighted by atomic mass is 10.0. The highest BCUT2D eigenvalue weighted by Crippen LogP contribution is 2.11. The second-order valence-corrected chi connectivity index (χ2v) is 4.19. The van der Waals surface area contributed by atoms with Gasteiger partial charge >= 0.3 is 0 Å². The molecule has 1 rings (SSSR count). The SMILES string of the molecule is CC(=O)/C(=C/CCN=[N+]=[N-])Cc1ccc(C)cc1. The van der Waals surface area contributed by atoms with E-state index in [-0.39, 0.29) is 5.78 Å². The van der Waals surface area contributed by atoms with Crippen molar-refractivity contribution < 1.29 is 4.79 Å². The number of Topliss-reactive ketones (excluding diaryl/α,β-unsaturated/α-hetero) is 1. The number of azide groups is 1. The lowest BCUT2D eigenvalue weighted by Gasteiger charge is -2.04. The van der Waals surface area contributed by atoms with Crippen LogP contribution in [0.25, 0.3) is 10.4 Å². The van der Waals surface area contributed by atoms with Crippen LogP contribution in [0.15, 0.2) is 41.0 Å².